The van der Waals surface area contributed by atoms with E-state index in [1.165, 1.54) is 22.1 Å². The van der Waals surface area contributed by atoms with Crippen LogP contribution >= 0.6 is 23.4 Å². The van der Waals surface area contributed by atoms with Crippen LogP contribution in [0.4, 0.5) is 4.39 Å². The van der Waals surface area contributed by atoms with Crippen LogP contribution in [0.5, 0.6) is 0 Å². The lowest BCUT2D eigenvalue weighted by Crippen LogP contribution is -2.51. The highest BCUT2D eigenvalue weighted by molar-refractivity contribution is 7.99. The van der Waals surface area contributed by atoms with Crippen molar-refractivity contribution in [2.24, 2.45) is 7.05 Å². The van der Waals surface area contributed by atoms with Gasteiger partial charge in [-0.2, -0.15) is 4.31 Å². The Morgan fingerprint density at radius 3 is 2.59 bits per heavy atom. The van der Waals surface area contributed by atoms with Gasteiger partial charge in [0.15, 0.2) is 5.16 Å². The van der Waals surface area contributed by atoms with Crippen LogP contribution in [-0.4, -0.2) is 65.0 Å². The quantitative estimate of drug-likeness (QED) is 0.674. The van der Waals surface area contributed by atoms with E-state index in [1.54, 1.807) is 17.3 Å². The van der Waals surface area contributed by atoms with Crippen LogP contribution in [0, 0.1) is 5.82 Å². The highest BCUT2D eigenvalue weighted by Crippen LogP contribution is 2.23. The molecule has 0 atom stereocenters. The second-order valence-corrected chi connectivity index (χ2v) is 9.26. The maximum absolute atomic E-state index is 13.3. The Hall–Kier alpha value is -1.62. The number of sulfonamides is 1. The molecule has 0 spiro atoms. The number of hydrogen-bond donors (Lipinski definition) is 0. The molecule has 0 bridgehead atoms. The predicted molar refractivity (Wildman–Crippen MR) is 101 cm³/mol. The van der Waals surface area contributed by atoms with E-state index in [0.29, 0.717) is 13.1 Å². The summed E-state index contributed by atoms with van der Waals surface area (Å²) >= 11 is 7.03. The first-order valence-electron chi connectivity index (χ1n) is 8.12. The van der Waals surface area contributed by atoms with E-state index in [1.807, 2.05) is 11.6 Å². The fourth-order valence-corrected chi connectivity index (χ4v) is 5.20. The molecule has 1 aromatic heterocycles. The van der Waals surface area contributed by atoms with Crippen molar-refractivity contribution in [3.63, 3.8) is 0 Å². The maximum Gasteiger partial charge on any atom is 0.243 e. The lowest BCUT2D eigenvalue weighted by Gasteiger charge is -2.34. The fraction of sp³-hybridized carbons (Fsp3) is 0.375. The fourth-order valence-electron chi connectivity index (χ4n) is 2.67. The molecule has 2 aromatic rings. The molecule has 1 saturated heterocycles. The van der Waals surface area contributed by atoms with Crippen LogP contribution in [0.15, 0.2) is 40.6 Å². The first kappa shape index (κ1) is 20.1. The van der Waals surface area contributed by atoms with E-state index in [-0.39, 0.29) is 34.7 Å². The van der Waals surface area contributed by atoms with Gasteiger partial charge in [0.1, 0.15) is 5.82 Å². The van der Waals surface area contributed by atoms with E-state index in [4.69, 9.17) is 11.6 Å². The van der Waals surface area contributed by atoms with Crippen LogP contribution in [-0.2, 0) is 21.9 Å². The van der Waals surface area contributed by atoms with Crippen molar-refractivity contribution in [3.8, 4) is 0 Å². The summed E-state index contributed by atoms with van der Waals surface area (Å²) in [5.41, 5.74) is 0. The van der Waals surface area contributed by atoms with Crippen LogP contribution in [0.1, 0.15) is 0 Å². The molecule has 1 aromatic carbocycles. The van der Waals surface area contributed by atoms with E-state index >= 15 is 0 Å². The van der Waals surface area contributed by atoms with Gasteiger partial charge in [-0.3, -0.25) is 4.79 Å². The molecule has 2 heterocycles. The smallest absolute Gasteiger partial charge is 0.243 e. The molecule has 0 N–H and O–H groups in total. The van der Waals surface area contributed by atoms with Crippen molar-refractivity contribution >= 4 is 39.3 Å². The highest BCUT2D eigenvalue weighted by atomic mass is 35.5. The Bertz CT molecular complexity index is 943. The van der Waals surface area contributed by atoms with Gasteiger partial charge in [0.05, 0.1) is 15.7 Å². The first-order chi connectivity index (χ1) is 12.8. The van der Waals surface area contributed by atoms with Gasteiger partial charge < -0.3 is 9.47 Å². The summed E-state index contributed by atoms with van der Waals surface area (Å²) in [4.78, 5) is 18.1. The summed E-state index contributed by atoms with van der Waals surface area (Å²) in [5.74, 6) is -0.494. The first-order valence-corrected chi connectivity index (χ1v) is 10.9. The van der Waals surface area contributed by atoms with Gasteiger partial charge in [-0.1, -0.05) is 23.4 Å². The Morgan fingerprint density at radius 1 is 1.30 bits per heavy atom. The lowest BCUT2D eigenvalue weighted by atomic mass is 10.3. The van der Waals surface area contributed by atoms with Gasteiger partial charge in [0.25, 0.3) is 0 Å². The van der Waals surface area contributed by atoms with Crippen LogP contribution in [0.3, 0.4) is 0 Å². The molecule has 1 fully saturated rings. The van der Waals surface area contributed by atoms with E-state index in [2.05, 4.69) is 4.98 Å². The molecular formula is C16H18ClFN4O3S2. The number of carbonyl (C=O) groups is 1. The van der Waals surface area contributed by atoms with Crippen molar-refractivity contribution in [2.75, 3.05) is 31.9 Å². The van der Waals surface area contributed by atoms with Gasteiger partial charge in [0.2, 0.25) is 15.9 Å². The lowest BCUT2D eigenvalue weighted by molar-refractivity contribution is -0.129. The third kappa shape index (κ3) is 4.45. The Labute approximate surface area is 166 Å². The Kier molecular flexibility index (Phi) is 6.09. The van der Waals surface area contributed by atoms with Gasteiger partial charge in [-0.15, -0.1) is 0 Å². The number of aryl methyl sites for hydroxylation is 1. The molecule has 0 unspecified atom stereocenters. The minimum absolute atomic E-state index is 0.0565. The van der Waals surface area contributed by atoms with Gasteiger partial charge in [-0.25, -0.2) is 17.8 Å². The molecule has 146 valence electrons. The third-order valence-electron chi connectivity index (χ3n) is 4.22. The van der Waals surface area contributed by atoms with Crippen molar-refractivity contribution in [1.29, 1.82) is 0 Å². The Balaban J connectivity index is 1.58. The summed E-state index contributed by atoms with van der Waals surface area (Å²) in [6.45, 7) is 0.953. The molecule has 0 saturated carbocycles. The molecule has 1 aliphatic heterocycles. The average molecular weight is 433 g/mol. The number of nitrogens with zero attached hydrogens (tertiary/aromatic N) is 4. The number of imidazole rings is 1. The summed E-state index contributed by atoms with van der Waals surface area (Å²) in [6, 6.07) is 3.33. The van der Waals surface area contributed by atoms with Crippen LogP contribution in [0.25, 0.3) is 0 Å². The minimum Gasteiger partial charge on any atom is -0.339 e. The summed E-state index contributed by atoms with van der Waals surface area (Å²) < 4.78 is 41.7. The number of benzene rings is 1. The van der Waals surface area contributed by atoms with Gasteiger partial charge in [-0.05, 0) is 18.2 Å². The number of carbonyl (C=O) groups excluding carboxylic acids is 1. The molecule has 27 heavy (non-hydrogen) atoms. The van der Waals surface area contributed by atoms with Crippen molar-refractivity contribution in [1.82, 2.24) is 18.8 Å². The normalized spacial score (nSPS) is 15.9. The number of hydrogen-bond acceptors (Lipinski definition) is 5. The number of rotatable bonds is 5. The van der Waals surface area contributed by atoms with Crippen LogP contribution in [0.2, 0.25) is 5.02 Å². The zero-order valence-electron chi connectivity index (χ0n) is 14.5. The number of aromatic nitrogens is 2. The Morgan fingerprint density at radius 2 is 2.00 bits per heavy atom. The van der Waals surface area contributed by atoms with Gasteiger partial charge in [0, 0.05) is 45.6 Å². The number of thioether (sulfide) groups is 1. The average Bonchev–Trinajstić information content (AvgIpc) is 3.07. The second-order valence-electron chi connectivity index (χ2n) is 5.97. The van der Waals surface area contributed by atoms with Crippen molar-refractivity contribution < 1.29 is 17.6 Å². The van der Waals surface area contributed by atoms with E-state index in [9.17, 15) is 17.6 Å². The third-order valence-corrected chi connectivity index (χ3v) is 7.45. The minimum atomic E-state index is -3.78. The molecule has 1 amide bonds. The molecule has 7 nitrogen and oxygen atoms in total. The summed E-state index contributed by atoms with van der Waals surface area (Å²) in [6.07, 6.45) is 3.47. The second kappa shape index (κ2) is 8.17. The molecule has 0 radical (unpaired) electrons. The SMILES string of the molecule is Cn1ccnc1SCC(=O)N1CCN(S(=O)(=O)c2ccc(F)c(Cl)c2)CC1. The maximum atomic E-state index is 13.3. The van der Waals surface area contributed by atoms with E-state index in [0.717, 1.165) is 17.3 Å². The molecule has 11 heteroatoms. The topological polar surface area (TPSA) is 75.5 Å². The predicted octanol–water partition coefficient (Wildman–Crippen LogP) is 1.84. The van der Waals surface area contributed by atoms with Crippen molar-refractivity contribution in [2.45, 2.75) is 10.1 Å². The molecule has 0 aliphatic carbocycles. The highest BCUT2D eigenvalue weighted by Gasteiger charge is 2.30. The van der Waals surface area contributed by atoms with Crippen molar-refractivity contribution in [3.05, 3.63) is 41.4 Å². The summed E-state index contributed by atoms with van der Waals surface area (Å²) in [7, 11) is -1.93. The summed E-state index contributed by atoms with van der Waals surface area (Å²) in [5, 5.41) is 0.508. The van der Waals surface area contributed by atoms with Crippen LogP contribution < -0.4 is 0 Å². The molecule has 1 aliphatic rings. The standard InChI is InChI=1S/C16H18ClFN4O3S2/c1-20-5-4-19-16(20)26-11-15(23)21-6-8-22(9-7-21)27(24,25)12-2-3-14(18)13(17)10-12/h2-5,10H,6-9,11H2,1H3. The van der Waals surface area contributed by atoms with Gasteiger partial charge >= 0.3 is 0 Å². The number of halogens is 2. The molecular weight excluding hydrogens is 415 g/mol. The largest absolute Gasteiger partial charge is 0.339 e. The zero-order chi connectivity index (χ0) is 19.6. The molecule has 3 rings (SSSR count). The number of amides is 1. The monoisotopic (exact) mass is 432 g/mol. The number of piperazine rings is 1. The zero-order valence-corrected chi connectivity index (χ0v) is 16.9. The van der Waals surface area contributed by atoms with E-state index < -0.39 is 15.8 Å².